The zero-order valence-corrected chi connectivity index (χ0v) is 20.3. The lowest BCUT2D eigenvalue weighted by molar-refractivity contribution is -0.136. The average molecular weight is 468 g/mol. The number of benzene rings is 1. The molecule has 0 radical (unpaired) electrons. The van der Waals surface area contributed by atoms with E-state index < -0.39 is 23.8 Å². The van der Waals surface area contributed by atoms with Gasteiger partial charge in [-0.25, -0.2) is 4.79 Å². The average Bonchev–Trinajstić information content (AvgIpc) is 3.13. The van der Waals surface area contributed by atoms with E-state index in [0.29, 0.717) is 37.0 Å². The third-order valence-electron chi connectivity index (χ3n) is 5.82. The Morgan fingerprint density at radius 3 is 2.41 bits per heavy atom. The first-order valence-corrected chi connectivity index (χ1v) is 11.5. The Morgan fingerprint density at radius 2 is 1.84 bits per heavy atom. The summed E-state index contributed by atoms with van der Waals surface area (Å²) in [6, 6.07) is 3.29. The molecule has 0 saturated carbocycles. The van der Waals surface area contributed by atoms with Crippen LogP contribution in [0.25, 0.3) is 0 Å². The zero-order valence-electron chi connectivity index (χ0n) is 19.6. The van der Waals surface area contributed by atoms with Crippen LogP contribution >= 0.6 is 11.6 Å². The van der Waals surface area contributed by atoms with Crippen molar-refractivity contribution in [3.8, 4) is 5.75 Å². The Labute approximate surface area is 195 Å². The number of amides is 2. The minimum atomic E-state index is -0.735. The van der Waals surface area contributed by atoms with E-state index in [4.69, 9.17) is 21.1 Å². The number of halogens is 1. The summed E-state index contributed by atoms with van der Waals surface area (Å²) in [5.74, 6) is 0.484. The minimum Gasteiger partial charge on any atom is -0.493 e. The van der Waals surface area contributed by atoms with Crippen LogP contribution in [0.3, 0.4) is 0 Å². The molecule has 1 N–H and O–H groups in total. The van der Waals surface area contributed by atoms with Gasteiger partial charge >= 0.3 is 6.09 Å². The van der Waals surface area contributed by atoms with Gasteiger partial charge in [0, 0.05) is 32.6 Å². The predicted molar refractivity (Wildman–Crippen MR) is 124 cm³/mol. The van der Waals surface area contributed by atoms with E-state index in [2.05, 4.69) is 17.9 Å². The maximum atomic E-state index is 13.2. The van der Waals surface area contributed by atoms with Crippen LogP contribution in [0.1, 0.15) is 39.7 Å². The highest BCUT2D eigenvalue weighted by Crippen LogP contribution is 2.37. The molecular weight excluding hydrogens is 434 g/mol. The summed E-state index contributed by atoms with van der Waals surface area (Å²) < 4.78 is 11.0. The second kappa shape index (κ2) is 9.75. The van der Waals surface area contributed by atoms with E-state index in [1.807, 2.05) is 6.07 Å². The lowest BCUT2D eigenvalue weighted by atomic mass is 10.1. The number of nitrogens with zero attached hydrogens (tertiary/aromatic N) is 3. The molecule has 0 unspecified atom stereocenters. The van der Waals surface area contributed by atoms with Gasteiger partial charge in [-0.05, 0) is 44.9 Å². The van der Waals surface area contributed by atoms with Gasteiger partial charge in [0.15, 0.2) is 5.75 Å². The molecule has 8 nitrogen and oxygen atoms in total. The van der Waals surface area contributed by atoms with Gasteiger partial charge in [-0.2, -0.15) is 0 Å². The SMILES string of the molecule is CCc1cc(Cl)c(OC)c(N2CCN(C(=O)[C@@H]3C[C@@H](O)CN3C(=O)OC(C)(C)C)CC2)c1. The highest BCUT2D eigenvalue weighted by atomic mass is 35.5. The van der Waals surface area contributed by atoms with E-state index in [1.54, 1.807) is 32.8 Å². The molecule has 0 bridgehead atoms. The monoisotopic (exact) mass is 467 g/mol. The normalized spacial score (nSPS) is 21.7. The van der Waals surface area contributed by atoms with E-state index >= 15 is 0 Å². The number of methoxy groups -OCH3 is 1. The molecule has 2 aliphatic heterocycles. The molecule has 2 fully saturated rings. The first-order chi connectivity index (χ1) is 15.0. The molecule has 1 aromatic rings. The van der Waals surface area contributed by atoms with Gasteiger partial charge in [-0.1, -0.05) is 18.5 Å². The number of carbonyl (C=O) groups is 2. The van der Waals surface area contributed by atoms with Gasteiger partial charge in [0.2, 0.25) is 5.91 Å². The van der Waals surface area contributed by atoms with E-state index in [9.17, 15) is 14.7 Å². The molecule has 0 aliphatic carbocycles. The number of ether oxygens (including phenoxy) is 2. The van der Waals surface area contributed by atoms with Crippen LogP contribution in [0, 0.1) is 0 Å². The van der Waals surface area contributed by atoms with Crippen molar-refractivity contribution >= 4 is 29.3 Å². The van der Waals surface area contributed by atoms with Crippen LogP contribution in [0.2, 0.25) is 5.02 Å². The van der Waals surface area contributed by atoms with Gasteiger partial charge in [-0.3, -0.25) is 9.69 Å². The van der Waals surface area contributed by atoms with Crippen LogP contribution in [0.5, 0.6) is 5.75 Å². The third kappa shape index (κ3) is 5.41. The van der Waals surface area contributed by atoms with Gasteiger partial charge in [0.25, 0.3) is 0 Å². The summed E-state index contributed by atoms with van der Waals surface area (Å²) >= 11 is 6.41. The fraction of sp³-hybridized carbons (Fsp3) is 0.652. The van der Waals surface area contributed by atoms with E-state index in [-0.39, 0.29) is 18.9 Å². The Balaban J connectivity index is 1.69. The van der Waals surface area contributed by atoms with Crippen molar-refractivity contribution in [3.63, 3.8) is 0 Å². The summed E-state index contributed by atoms with van der Waals surface area (Å²) in [7, 11) is 1.60. The maximum absolute atomic E-state index is 13.2. The molecule has 0 spiro atoms. The van der Waals surface area contributed by atoms with Crippen LogP contribution in [-0.4, -0.2) is 84.5 Å². The molecule has 2 aliphatic rings. The highest BCUT2D eigenvalue weighted by molar-refractivity contribution is 6.32. The molecule has 2 saturated heterocycles. The summed E-state index contributed by atoms with van der Waals surface area (Å²) in [6.45, 7) is 9.76. The molecular formula is C23H34ClN3O5. The van der Waals surface area contributed by atoms with Crippen molar-refractivity contribution in [1.82, 2.24) is 9.80 Å². The number of aliphatic hydroxyl groups is 1. The minimum absolute atomic E-state index is 0.102. The lowest BCUT2D eigenvalue weighted by Gasteiger charge is -2.39. The van der Waals surface area contributed by atoms with Crippen LogP contribution in [0.15, 0.2) is 12.1 Å². The molecule has 9 heteroatoms. The van der Waals surface area contributed by atoms with Crippen LogP contribution in [0.4, 0.5) is 10.5 Å². The van der Waals surface area contributed by atoms with Crippen molar-refractivity contribution in [3.05, 3.63) is 22.7 Å². The smallest absolute Gasteiger partial charge is 0.411 e. The quantitative estimate of drug-likeness (QED) is 0.733. The second-order valence-electron chi connectivity index (χ2n) is 9.33. The largest absolute Gasteiger partial charge is 0.493 e. The molecule has 32 heavy (non-hydrogen) atoms. The van der Waals surface area contributed by atoms with Crippen molar-refractivity contribution in [1.29, 1.82) is 0 Å². The molecule has 1 aromatic carbocycles. The first kappa shape index (κ1) is 24.5. The Morgan fingerprint density at radius 1 is 1.19 bits per heavy atom. The van der Waals surface area contributed by atoms with Crippen molar-refractivity contribution in [2.24, 2.45) is 0 Å². The number of carbonyl (C=O) groups excluding carboxylic acids is 2. The highest BCUT2D eigenvalue weighted by Gasteiger charge is 2.43. The van der Waals surface area contributed by atoms with Crippen molar-refractivity contribution < 1.29 is 24.2 Å². The predicted octanol–water partition coefficient (Wildman–Crippen LogP) is 2.93. The number of anilines is 1. The second-order valence-corrected chi connectivity index (χ2v) is 9.74. The number of rotatable bonds is 4. The topological polar surface area (TPSA) is 82.6 Å². The summed E-state index contributed by atoms with van der Waals surface area (Å²) in [5.41, 5.74) is 1.38. The van der Waals surface area contributed by atoms with E-state index in [1.165, 1.54) is 4.90 Å². The van der Waals surface area contributed by atoms with Crippen molar-refractivity contribution in [2.45, 2.75) is 58.3 Å². The van der Waals surface area contributed by atoms with Crippen molar-refractivity contribution in [2.75, 3.05) is 44.7 Å². The summed E-state index contributed by atoms with van der Waals surface area (Å²) in [4.78, 5) is 31.1. The zero-order chi connectivity index (χ0) is 23.6. The molecule has 2 heterocycles. The first-order valence-electron chi connectivity index (χ1n) is 11.1. The van der Waals surface area contributed by atoms with Gasteiger partial charge in [-0.15, -0.1) is 0 Å². The number of aryl methyl sites for hydroxylation is 1. The number of hydrogen-bond acceptors (Lipinski definition) is 6. The number of hydrogen-bond donors (Lipinski definition) is 1. The lowest BCUT2D eigenvalue weighted by Crippen LogP contribution is -2.55. The Kier molecular flexibility index (Phi) is 7.45. The summed E-state index contributed by atoms with van der Waals surface area (Å²) in [5, 5.41) is 10.7. The van der Waals surface area contributed by atoms with Gasteiger partial charge in [0.1, 0.15) is 11.6 Å². The molecule has 3 rings (SSSR count). The van der Waals surface area contributed by atoms with E-state index in [0.717, 1.165) is 17.7 Å². The molecule has 2 amide bonds. The van der Waals surface area contributed by atoms with Gasteiger partial charge in [0.05, 0.1) is 30.5 Å². The molecule has 178 valence electrons. The fourth-order valence-electron chi connectivity index (χ4n) is 4.22. The number of β-amino-alcohol motifs (C(OH)–C–C–N with tert-alkyl or cyclic N) is 1. The van der Waals surface area contributed by atoms with Crippen LogP contribution < -0.4 is 9.64 Å². The summed E-state index contributed by atoms with van der Waals surface area (Å²) in [6.07, 6.45) is -0.220. The van der Waals surface area contributed by atoms with Crippen LogP contribution in [-0.2, 0) is 16.0 Å². The van der Waals surface area contributed by atoms with Gasteiger partial charge < -0.3 is 24.4 Å². The fourth-order valence-corrected chi connectivity index (χ4v) is 4.54. The standard InChI is InChI=1S/C23H34ClN3O5/c1-6-15-11-17(24)20(31-5)18(12-15)25-7-9-26(10-8-25)21(29)19-13-16(28)14-27(19)22(30)32-23(2,3)4/h11-12,16,19,28H,6-10,13-14H2,1-5H3/t16-,19+/m1/s1. The number of likely N-dealkylation sites (tertiary alicyclic amines) is 1. The number of aliphatic hydroxyl groups excluding tert-OH is 1. The molecule has 2 atom stereocenters. The maximum Gasteiger partial charge on any atom is 0.411 e. The Hall–Kier alpha value is -2.19. The third-order valence-corrected chi connectivity index (χ3v) is 6.10. The molecule has 0 aromatic heterocycles. The Bertz CT molecular complexity index is 849. The number of piperazine rings is 1.